The van der Waals surface area contributed by atoms with Crippen LogP contribution in [0.25, 0.3) is 0 Å². The van der Waals surface area contributed by atoms with E-state index in [1.807, 2.05) is 44.2 Å². The minimum atomic E-state index is -4.35. The summed E-state index contributed by atoms with van der Waals surface area (Å²) in [5.41, 5.74) is 8.74. The van der Waals surface area contributed by atoms with Gasteiger partial charge in [-0.1, -0.05) is 83.9 Å². The zero-order valence-corrected chi connectivity index (χ0v) is 26.7. The first-order valence-electron chi connectivity index (χ1n) is 13.8. The van der Waals surface area contributed by atoms with Crippen LogP contribution in [0.4, 0.5) is 13.2 Å². The van der Waals surface area contributed by atoms with E-state index in [2.05, 4.69) is 5.32 Å². The predicted octanol–water partition coefficient (Wildman–Crippen LogP) is 5.21. The molecular formula is C32H37F3N2O7S2. The van der Waals surface area contributed by atoms with Crippen LogP contribution >= 0.6 is 0 Å². The molecule has 0 aliphatic heterocycles. The lowest BCUT2D eigenvalue weighted by Crippen LogP contribution is -2.43. The summed E-state index contributed by atoms with van der Waals surface area (Å²) in [6.07, 6.45) is -4.60. The van der Waals surface area contributed by atoms with Gasteiger partial charge in [-0.25, -0.2) is 0 Å². The highest BCUT2D eigenvalue weighted by Gasteiger charge is 2.30. The van der Waals surface area contributed by atoms with Crippen molar-refractivity contribution >= 4 is 20.2 Å². The van der Waals surface area contributed by atoms with Gasteiger partial charge in [-0.05, 0) is 61.7 Å². The minimum absolute atomic E-state index is 0.0666. The quantitative estimate of drug-likeness (QED) is 0.149. The molecular weight excluding hydrogens is 645 g/mol. The molecule has 2 atom stereocenters. The summed E-state index contributed by atoms with van der Waals surface area (Å²) in [6, 6.07) is 26.2. The average molecular weight is 683 g/mol. The Labute approximate surface area is 267 Å². The summed E-state index contributed by atoms with van der Waals surface area (Å²) < 4.78 is 97.1. The first kappa shape index (κ1) is 38.6. The van der Waals surface area contributed by atoms with E-state index in [0.29, 0.717) is 12.0 Å². The van der Waals surface area contributed by atoms with Gasteiger partial charge in [-0.2, -0.15) is 30.0 Å². The summed E-state index contributed by atoms with van der Waals surface area (Å²) in [5.74, 6) is 0. The fourth-order valence-electron chi connectivity index (χ4n) is 3.82. The van der Waals surface area contributed by atoms with Crippen LogP contribution in [0.15, 0.2) is 113 Å². The smallest absolute Gasteiger partial charge is 0.390 e. The second kappa shape index (κ2) is 17.3. The molecule has 0 saturated heterocycles. The molecule has 0 saturated carbocycles. The van der Waals surface area contributed by atoms with Crippen LogP contribution in [0.3, 0.4) is 0 Å². The number of halogens is 3. The number of aryl methyl sites for hydroxylation is 2. The van der Waals surface area contributed by atoms with Crippen molar-refractivity contribution in [3.05, 3.63) is 131 Å². The molecule has 6 N–H and O–H groups in total. The Hall–Kier alpha value is -3.63. The van der Waals surface area contributed by atoms with Crippen molar-refractivity contribution < 1.29 is 44.2 Å². The monoisotopic (exact) mass is 682 g/mol. The maximum atomic E-state index is 12.7. The van der Waals surface area contributed by atoms with Crippen LogP contribution < -0.4 is 11.1 Å². The van der Waals surface area contributed by atoms with Gasteiger partial charge in [0.15, 0.2) is 0 Å². The number of aliphatic hydroxyl groups excluding tert-OH is 1. The first-order valence-corrected chi connectivity index (χ1v) is 16.7. The topological polar surface area (TPSA) is 167 Å². The third-order valence-corrected chi connectivity index (χ3v) is 8.12. The van der Waals surface area contributed by atoms with E-state index in [0.717, 1.165) is 28.8 Å². The average Bonchev–Trinajstić information content (AvgIpc) is 2.97. The molecule has 0 amide bonds. The Bertz CT molecular complexity index is 1650. The largest absolute Gasteiger partial charge is 0.416 e. The van der Waals surface area contributed by atoms with Crippen molar-refractivity contribution in [3.63, 3.8) is 0 Å². The predicted molar refractivity (Wildman–Crippen MR) is 169 cm³/mol. The highest BCUT2D eigenvalue weighted by Crippen LogP contribution is 2.29. The molecule has 0 heterocycles. The first-order chi connectivity index (χ1) is 21.4. The highest BCUT2D eigenvalue weighted by atomic mass is 32.2. The molecule has 0 spiro atoms. The highest BCUT2D eigenvalue weighted by molar-refractivity contribution is 7.86. The lowest BCUT2D eigenvalue weighted by atomic mass is 10.0. The molecule has 4 aromatic rings. The molecule has 250 valence electrons. The minimum Gasteiger partial charge on any atom is -0.390 e. The second-order valence-corrected chi connectivity index (χ2v) is 13.2. The number of alkyl halides is 3. The summed E-state index contributed by atoms with van der Waals surface area (Å²) >= 11 is 0. The van der Waals surface area contributed by atoms with Gasteiger partial charge in [0.2, 0.25) is 0 Å². The van der Waals surface area contributed by atoms with Gasteiger partial charge < -0.3 is 16.2 Å². The van der Waals surface area contributed by atoms with Gasteiger partial charge in [0, 0.05) is 19.1 Å². The fraction of sp³-hybridized carbons (Fsp3) is 0.250. The number of nitrogens with one attached hydrogen (secondary N) is 1. The number of hydrogen-bond acceptors (Lipinski definition) is 7. The van der Waals surface area contributed by atoms with E-state index < -0.39 is 44.1 Å². The second-order valence-electron chi connectivity index (χ2n) is 10.3. The molecule has 9 nitrogen and oxygen atoms in total. The molecule has 0 unspecified atom stereocenters. The number of hydrogen-bond donors (Lipinski definition) is 5. The van der Waals surface area contributed by atoms with Crippen LogP contribution in [0, 0.1) is 13.8 Å². The van der Waals surface area contributed by atoms with Crippen molar-refractivity contribution in [2.24, 2.45) is 5.73 Å². The Morgan fingerprint density at radius 3 is 1.61 bits per heavy atom. The third kappa shape index (κ3) is 14.2. The van der Waals surface area contributed by atoms with Gasteiger partial charge in [-0.3, -0.25) is 9.11 Å². The van der Waals surface area contributed by atoms with Gasteiger partial charge >= 0.3 is 6.18 Å². The third-order valence-electron chi connectivity index (χ3n) is 6.38. The lowest BCUT2D eigenvalue weighted by Gasteiger charge is -2.19. The molecule has 0 aliphatic rings. The zero-order chi connectivity index (χ0) is 34.5. The van der Waals surface area contributed by atoms with E-state index in [1.165, 1.54) is 30.3 Å². The van der Waals surface area contributed by atoms with E-state index in [4.69, 9.17) is 14.8 Å². The van der Waals surface area contributed by atoms with Gasteiger partial charge in [0.25, 0.3) is 20.2 Å². The van der Waals surface area contributed by atoms with Crippen LogP contribution in [0.5, 0.6) is 0 Å². The van der Waals surface area contributed by atoms with Crippen LogP contribution in [-0.4, -0.2) is 49.7 Å². The molecule has 14 heteroatoms. The lowest BCUT2D eigenvalue weighted by molar-refractivity contribution is -0.137. The maximum absolute atomic E-state index is 12.7. The van der Waals surface area contributed by atoms with Gasteiger partial charge in [-0.15, -0.1) is 0 Å². The Morgan fingerprint density at radius 1 is 0.717 bits per heavy atom. The van der Waals surface area contributed by atoms with Gasteiger partial charge in [0.05, 0.1) is 21.5 Å². The summed E-state index contributed by atoms with van der Waals surface area (Å²) in [6.45, 7) is 4.13. The van der Waals surface area contributed by atoms with Gasteiger partial charge in [0.1, 0.15) is 0 Å². The number of benzene rings is 4. The Morgan fingerprint density at radius 2 is 1.17 bits per heavy atom. The fourth-order valence-corrected chi connectivity index (χ4v) is 4.78. The molecule has 0 radical (unpaired) electrons. The normalized spacial score (nSPS) is 13.0. The van der Waals surface area contributed by atoms with Crippen molar-refractivity contribution in [2.75, 3.05) is 6.54 Å². The molecule has 46 heavy (non-hydrogen) atoms. The van der Waals surface area contributed by atoms with E-state index in [-0.39, 0.29) is 22.9 Å². The summed E-state index contributed by atoms with van der Waals surface area (Å²) in [7, 11) is -8.04. The van der Waals surface area contributed by atoms with Crippen LogP contribution in [0.2, 0.25) is 0 Å². The standard InChI is InChI=1S/C18H21F3N2O.2C7H8O3S/c19-18(20,21)15-8-4-7-14(9-15)11-23-12-17(24)16(22)10-13-5-2-1-3-6-13;2*1-6-2-4-7(5-3-6)11(8,9)10/h1-9,16-17,23-24H,10-12,22H2;2*2-5H,1H3,(H,8,9,10)/t16-,17+;;/m0../s1. The Balaban J connectivity index is 0.000000277. The van der Waals surface area contributed by atoms with Crippen molar-refractivity contribution in [2.45, 2.75) is 54.9 Å². The molecule has 0 fully saturated rings. The molecule has 4 aromatic carbocycles. The SMILES string of the molecule is Cc1ccc(S(=O)(=O)O)cc1.Cc1ccc(S(=O)(=O)O)cc1.N[C@@H](Cc1ccccc1)[C@H](O)CNCc1cccc(C(F)(F)F)c1. The maximum Gasteiger partial charge on any atom is 0.416 e. The number of nitrogens with two attached hydrogens (primary N) is 1. The van der Waals surface area contributed by atoms with E-state index in [9.17, 15) is 35.1 Å². The number of rotatable bonds is 9. The Kier molecular flexibility index (Phi) is 14.5. The molecule has 0 bridgehead atoms. The van der Waals surface area contributed by atoms with Crippen molar-refractivity contribution in [1.82, 2.24) is 5.32 Å². The summed E-state index contributed by atoms with van der Waals surface area (Å²) in [4.78, 5) is -0.133. The van der Waals surface area contributed by atoms with Crippen molar-refractivity contribution in [1.29, 1.82) is 0 Å². The zero-order valence-electron chi connectivity index (χ0n) is 25.1. The van der Waals surface area contributed by atoms with Crippen molar-refractivity contribution in [3.8, 4) is 0 Å². The van der Waals surface area contributed by atoms with Crippen LogP contribution in [-0.2, 0) is 39.4 Å². The molecule has 0 aliphatic carbocycles. The van der Waals surface area contributed by atoms with Crippen LogP contribution in [0.1, 0.15) is 27.8 Å². The molecule has 0 aromatic heterocycles. The number of aliphatic hydroxyl groups is 1. The summed E-state index contributed by atoms with van der Waals surface area (Å²) in [5, 5.41) is 13.0. The van der Waals surface area contributed by atoms with E-state index in [1.54, 1.807) is 30.3 Å². The molecule has 4 rings (SSSR count). The van der Waals surface area contributed by atoms with E-state index >= 15 is 0 Å².